The van der Waals surface area contributed by atoms with Crippen LogP contribution >= 0.6 is 15.9 Å². The van der Waals surface area contributed by atoms with Gasteiger partial charge in [-0.1, -0.05) is 21.9 Å². The van der Waals surface area contributed by atoms with Crippen LogP contribution in [-0.2, 0) is 0 Å². The van der Waals surface area contributed by atoms with Gasteiger partial charge in [-0.25, -0.2) is 0 Å². The van der Waals surface area contributed by atoms with Gasteiger partial charge in [-0.05, 0) is 18.2 Å². The van der Waals surface area contributed by atoms with Crippen LogP contribution in [0.2, 0.25) is 0 Å². The summed E-state index contributed by atoms with van der Waals surface area (Å²) < 4.78 is 0.770. The lowest BCUT2D eigenvalue weighted by molar-refractivity contribution is 0.112. The maximum Gasteiger partial charge on any atom is 0.151 e. The summed E-state index contributed by atoms with van der Waals surface area (Å²) in [5.74, 6) is 2.45. The zero-order chi connectivity index (χ0) is 8.27. The topological polar surface area (TPSA) is 17.1 Å². The Morgan fingerprint density at radius 1 is 1.55 bits per heavy atom. The molecule has 0 fully saturated rings. The second-order valence-electron chi connectivity index (χ2n) is 2.00. The molecule has 0 unspecified atom stereocenters. The molecule has 2 heteroatoms. The zero-order valence-corrected chi connectivity index (χ0v) is 7.26. The van der Waals surface area contributed by atoms with Gasteiger partial charge in [-0.2, -0.15) is 0 Å². The number of benzene rings is 1. The van der Waals surface area contributed by atoms with Crippen molar-refractivity contribution in [2.75, 3.05) is 0 Å². The minimum atomic E-state index is 0.584. The van der Waals surface area contributed by atoms with E-state index >= 15 is 0 Å². The molecule has 0 spiro atoms. The van der Waals surface area contributed by atoms with Crippen LogP contribution in [0.5, 0.6) is 0 Å². The number of carbonyl (C=O) groups excluding carboxylic acids is 1. The molecule has 0 aliphatic carbocycles. The molecule has 0 atom stereocenters. The molecule has 0 bridgehead atoms. The third-order valence-corrected chi connectivity index (χ3v) is 2.01. The summed E-state index contributed by atoms with van der Waals surface area (Å²) in [7, 11) is 0. The van der Waals surface area contributed by atoms with Gasteiger partial charge in [0.15, 0.2) is 6.29 Å². The summed E-state index contributed by atoms with van der Waals surface area (Å²) in [6.45, 7) is 0. The van der Waals surface area contributed by atoms with E-state index in [2.05, 4.69) is 21.9 Å². The van der Waals surface area contributed by atoms with Crippen molar-refractivity contribution in [2.45, 2.75) is 0 Å². The monoisotopic (exact) mass is 208 g/mol. The van der Waals surface area contributed by atoms with E-state index in [4.69, 9.17) is 6.42 Å². The molecular weight excluding hydrogens is 204 g/mol. The van der Waals surface area contributed by atoms with E-state index in [9.17, 15) is 4.79 Å². The van der Waals surface area contributed by atoms with Gasteiger partial charge in [0, 0.05) is 15.6 Å². The van der Waals surface area contributed by atoms with Crippen molar-refractivity contribution in [1.29, 1.82) is 0 Å². The van der Waals surface area contributed by atoms with E-state index in [1.54, 1.807) is 18.2 Å². The van der Waals surface area contributed by atoms with Crippen LogP contribution < -0.4 is 0 Å². The minimum Gasteiger partial charge on any atom is -0.298 e. The first kappa shape index (κ1) is 8.03. The molecule has 1 rings (SSSR count). The molecular formula is C9H5BrO. The number of aldehydes is 1. The number of rotatable bonds is 1. The van der Waals surface area contributed by atoms with Crippen molar-refractivity contribution >= 4 is 22.2 Å². The summed E-state index contributed by atoms with van der Waals surface area (Å²) in [5.41, 5.74) is 1.30. The van der Waals surface area contributed by atoms with Gasteiger partial charge in [0.25, 0.3) is 0 Å². The lowest BCUT2D eigenvalue weighted by Crippen LogP contribution is -1.83. The first-order chi connectivity index (χ1) is 5.27. The van der Waals surface area contributed by atoms with Crippen molar-refractivity contribution in [3.05, 3.63) is 33.8 Å². The molecule has 1 aromatic rings. The molecule has 0 aromatic heterocycles. The summed E-state index contributed by atoms with van der Waals surface area (Å²) in [4.78, 5) is 10.4. The predicted octanol–water partition coefficient (Wildman–Crippen LogP) is 2.24. The Balaban J connectivity index is 3.25. The Morgan fingerprint density at radius 3 is 2.82 bits per heavy atom. The molecule has 11 heavy (non-hydrogen) atoms. The molecule has 0 N–H and O–H groups in total. The molecule has 54 valence electrons. The van der Waals surface area contributed by atoms with Gasteiger partial charge in [0.2, 0.25) is 0 Å². The molecule has 0 heterocycles. The van der Waals surface area contributed by atoms with E-state index in [0.717, 1.165) is 16.3 Å². The quantitative estimate of drug-likeness (QED) is 0.512. The number of hydrogen-bond acceptors (Lipinski definition) is 1. The van der Waals surface area contributed by atoms with Crippen LogP contribution in [0.15, 0.2) is 22.7 Å². The SMILES string of the molecule is C#Cc1ccc(Br)c(C=O)c1. The van der Waals surface area contributed by atoms with Crippen molar-refractivity contribution in [1.82, 2.24) is 0 Å². The standard InChI is InChI=1S/C9H5BrO/c1-2-7-3-4-9(10)8(5-7)6-11/h1,3-6H. The van der Waals surface area contributed by atoms with Crippen molar-refractivity contribution < 1.29 is 4.79 Å². The number of halogens is 1. The zero-order valence-electron chi connectivity index (χ0n) is 5.67. The highest BCUT2D eigenvalue weighted by molar-refractivity contribution is 9.10. The Bertz CT molecular complexity index is 323. The molecule has 0 aliphatic heterocycles. The van der Waals surface area contributed by atoms with Gasteiger partial charge in [0.1, 0.15) is 0 Å². The fourth-order valence-electron chi connectivity index (χ4n) is 0.724. The first-order valence-corrected chi connectivity index (χ1v) is 3.78. The molecule has 1 aromatic carbocycles. The van der Waals surface area contributed by atoms with Crippen LogP contribution in [0.25, 0.3) is 0 Å². The highest BCUT2D eigenvalue weighted by atomic mass is 79.9. The Kier molecular flexibility index (Phi) is 2.45. The highest BCUT2D eigenvalue weighted by Gasteiger charge is 1.97. The Labute approximate surface area is 73.6 Å². The largest absolute Gasteiger partial charge is 0.298 e. The summed E-state index contributed by atoms with van der Waals surface area (Å²) in [6, 6.07) is 5.20. The second-order valence-corrected chi connectivity index (χ2v) is 2.85. The molecule has 0 radical (unpaired) electrons. The Morgan fingerprint density at radius 2 is 2.27 bits per heavy atom. The van der Waals surface area contributed by atoms with Gasteiger partial charge < -0.3 is 0 Å². The van der Waals surface area contributed by atoms with E-state index in [-0.39, 0.29) is 0 Å². The van der Waals surface area contributed by atoms with Crippen molar-refractivity contribution in [2.24, 2.45) is 0 Å². The average molecular weight is 209 g/mol. The number of terminal acetylenes is 1. The first-order valence-electron chi connectivity index (χ1n) is 2.99. The van der Waals surface area contributed by atoms with E-state index in [1.807, 2.05) is 0 Å². The van der Waals surface area contributed by atoms with E-state index in [1.165, 1.54) is 0 Å². The third kappa shape index (κ3) is 1.69. The summed E-state index contributed by atoms with van der Waals surface area (Å²) in [5, 5.41) is 0. The number of carbonyl (C=O) groups is 1. The van der Waals surface area contributed by atoms with Crippen LogP contribution in [0.4, 0.5) is 0 Å². The highest BCUT2D eigenvalue weighted by Crippen LogP contribution is 2.15. The maximum absolute atomic E-state index is 10.4. The van der Waals surface area contributed by atoms with Crippen molar-refractivity contribution in [3.63, 3.8) is 0 Å². The average Bonchev–Trinajstić information content (AvgIpc) is 2.05. The van der Waals surface area contributed by atoms with E-state index in [0.29, 0.717) is 5.56 Å². The van der Waals surface area contributed by atoms with Crippen LogP contribution in [0.1, 0.15) is 15.9 Å². The molecule has 0 saturated heterocycles. The fourth-order valence-corrected chi connectivity index (χ4v) is 1.06. The van der Waals surface area contributed by atoms with Gasteiger partial charge in [0.05, 0.1) is 0 Å². The van der Waals surface area contributed by atoms with Crippen LogP contribution in [0, 0.1) is 12.3 Å². The smallest absolute Gasteiger partial charge is 0.151 e. The van der Waals surface area contributed by atoms with Gasteiger partial charge in [-0.15, -0.1) is 6.42 Å². The molecule has 0 amide bonds. The molecule has 1 nitrogen and oxygen atoms in total. The maximum atomic E-state index is 10.4. The lowest BCUT2D eigenvalue weighted by Gasteiger charge is -1.95. The summed E-state index contributed by atoms with van der Waals surface area (Å²) in [6.07, 6.45) is 5.91. The third-order valence-electron chi connectivity index (χ3n) is 1.29. The predicted molar refractivity (Wildman–Crippen MR) is 47.5 cm³/mol. The fraction of sp³-hybridized carbons (Fsp3) is 0. The van der Waals surface area contributed by atoms with Crippen molar-refractivity contribution in [3.8, 4) is 12.3 Å². The van der Waals surface area contributed by atoms with Crippen LogP contribution in [-0.4, -0.2) is 6.29 Å². The molecule has 0 saturated carbocycles. The van der Waals surface area contributed by atoms with E-state index < -0.39 is 0 Å². The Hall–Kier alpha value is -1.07. The van der Waals surface area contributed by atoms with Crippen LogP contribution in [0.3, 0.4) is 0 Å². The van der Waals surface area contributed by atoms with Gasteiger partial charge in [-0.3, -0.25) is 4.79 Å². The normalized spacial score (nSPS) is 8.73. The summed E-state index contributed by atoms with van der Waals surface area (Å²) >= 11 is 3.22. The number of hydrogen-bond donors (Lipinski definition) is 0. The van der Waals surface area contributed by atoms with Gasteiger partial charge >= 0.3 is 0 Å². The second kappa shape index (κ2) is 3.36. The lowest BCUT2D eigenvalue weighted by atomic mass is 10.1. The molecule has 0 aliphatic rings. The minimum absolute atomic E-state index is 0.584.